The van der Waals surface area contributed by atoms with E-state index < -0.39 is 36.5 Å². The number of amides is 2. The Bertz CT molecular complexity index is 324. The second-order valence-corrected chi connectivity index (χ2v) is 3.07. The number of nitrogens with one attached hydrogen (secondary N) is 1. The summed E-state index contributed by atoms with van der Waals surface area (Å²) in [6.07, 6.45) is -6.88. The maximum Gasteiger partial charge on any atom is 0.460 e. The monoisotopic (exact) mass is 292 g/mol. The highest BCUT2D eigenvalue weighted by Gasteiger charge is 2.81. The third kappa shape index (κ3) is 2.72. The molecule has 0 rings (SSSR count). The summed E-state index contributed by atoms with van der Waals surface area (Å²) in [5.41, 5.74) is 4.20. The van der Waals surface area contributed by atoms with Gasteiger partial charge in [0.05, 0.1) is 6.54 Å². The van der Waals surface area contributed by atoms with Crippen LogP contribution in [0.3, 0.4) is 0 Å². The molecule has 0 radical (unpaired) electrons. The predicted octanol–water partition coefficient (Wildman–Crippen LogP) is 2.12. The van der Waals surface area contributed by atoms with Gasteiger partial charge in [-0.25, -0.2) is 4.79 Å². The van der Waals surface area contributed by atoms with Gasteiger partial charge >= 0.3 is 30.0 Å². The van der Waals surface area contributed by atoms with Crippen molar-refractivity contribution in [2.75, 3.05) is 6.54 Å². The molecule has 0 atom stereocenters. The molecule has 0 spiro atoms. The quantitative estimate of drug-likeness (QED) is 0.766. The second kappa shape index (κ2) is 4.39. The summed E-state index contributed by atoms with van der Waals surface area (Å²) in [5.74, 6) is -19.6. The number of halogens is 9. The van der Waals surface area contributed by atoms with Gasteiger partial charge in [0.15, 0.2) is 0 Å². The average molecular weight is 292 g/mol. The minimum Gasteiger partial charge on any atom is -0.352 e. The molecule has 0 aliphatic rings. The van der Waals surface area contributed by atoms with Crippen LogP contribution in [0.25, 0.3) is 0 Å². The highest BCUT2D eigenvalue weighted by atomic mass is 19.4. The lowest BCUT2D eigenvalue weighted by atomic mass is 10.0. The molecule has 0 unspecified atom stereocenters. The number of urea groups is 1. The van der Waals surface area contributed by atoms with Crippen molar-refractivity contribution in [1.29, 1.82) is 0 Å². The van der Waals surface area contributed by atoms with E-state index in [1.807, 2.05) is 0 Å². The van der Waals surface area contributed by atoms with E-state index in [-0.39, 0.29) is 0 Å². The smallest absolute Gasteiger partial charge is 0.352 e. The van der Waals surface area contributed by atoms with Crippen LogP contribution in [0.15, 0.2) is 0 Å². The first-order valence-corrected chi connectivity index (χ1v) is 3.90. The third-order valence-corrected chi connectivity index (χ3v) is 1.69. The molecule has 0 fully saturated rings. The van der Waals surface area contributed by atoms with Gasteiger partial charge in [-0.1, -0.05) is 0 Å². The van der Waals surface area contributed by atoms with Crippen molar-refractivity contribution < 1.29 is 44.3 Å². The molecule has 0 aliphatic carbocycles. The first-order valence-electron chi connectivity index (χ1n) is 3.90. The van der Waals surface area contributed by atoms with Crippen LogP contribution in [-0.4, -0.2) is 36.5 Å². The Morgan fingerprint density at radius 3 is 1.56 bits per heavy atom. The molecular formula is C6H5F9N2O. The van der Waals surface area contributed by atoms with Gasteiger partial charge in [0, 0.05) is 0 Å². The zero-order valence-corrected chi connectivity index (χ0v) is 8.09. The fraction of sp³-hybridized carbons (Fsp3) is 0.833. The van der Waals surface area contributed by atoms with E-state index in [0.29, 0.717) is 0 Å². The molecule has 0 aromatic rings. The fourth-order valence-corrected chi connectivity index (χ4v) is 0.717. The average Bonchev–Trinajstić information content (AvgIpc) is 2.12. The van der Waals surface area contributed by atoms with Gasteiger partial charge in [-0.05, 0) is 0 Å². The lowest BCUT2D eigenvalue weighted by Gasteiger charge is -2.33. The number of hydrogen-bond donors (Lipinski definition) is 2. The Kier molecular flexibility index (Phi) is 4.06. The Balaban J connectivity index is 5.29. The van der Waals surface area contributed by atoms with Crippen LogP contribution < -0.4 is 11.1 Å². The Labute approximate surface area is 93.1 Å². The van der Waals surface area contributed by atoms with E-state index in [0.717, 1.165) is 5.32 Å². The topological polar surface area (TPSA) is 55.1 Å². The molecule has 0 aromatic heterocycles. The SMILES string of the molecule is NC(=O)NCC(F)(F)C(F)(F)C(F)(F)C(F)(F)F. The molecular weight excluding hydrogens is 287 g/mol. The number of rotatable bonds is 4. The number of primary amides is 1. The van der Waals surface area contributed by atoms with Crippen LogP contribution in [-0.2, 0) is 0 Å². The third-order valence-electron chi connectivity index (χ3n) is 1.69. The molecule has 0 bridgehead atoms. The molecule has 3 nitrogen and oxygen atoms in total. The molecule has 0 saturated heterocycles. The zero-order valence-electron chi connectivity index (χ0n) is 8.09. The van der Waals surface area contributed by atoms with Crippen LogP contribution in [0.5, 0.6) is 0 Å². The van der Waals surface area contributed by atoms with Crippen LogP contribution in [0.2, 0.25) is 0 Å². The molecule has 0 heterocycles. The lowest BCUT2D eigenvalue weighted by Crippen LogP contribution is -2.63. The van der Waals surface area contributed by atoms with Gasteiger partial charge in [0.1, 0.15) is 0 Å². The maximum atomic E-state index is 12.6. The molecule has 108 valence electrons. The van der Waals surface area contributed by atoms with Crippen LogP contribution >= 0.6 is 0 Å². The van der Waals surface area contributed by atoms with Crippen LogP contribution in [0.1, 0.15) is 0 Å². The van der Waals surface area contributed by atoms with Crippen molar-refractivity contribution >= 4 is 6.03 Å². The second-order valence-electron chi connectivity index (χ2n) is 3.07. The zero-order chi connectivity index (χ0) is 15.0. The highest BCUT2D eigenvalue weighted by Crippen LogP contribution is 2.52. The summed E-state index contributed by atoms with van der Waals surface area (Å²) >= 11 is 0. The van der Waals surface area contributed by atoms with E-state index in [1.54, 1.807) is 0 Å². The van der Waals surface area contributed by atoms with Crippen molar-refractivity contribution in [3.8, 4) is 0 Å². The maximum absolute atomic E-state index is 12.6. The molecule has 18 heavy (non-hydrogen) atoms. The first kappa shape index (κ1) is 16.6. The van der Waals surface area contributed by atoms with E-state index in [1.165, 1.54) is 0 Å². The van der Waals surface area contributed by atoms with Crippen LogP contribution in [0.4, 0.5) is 44.3 Å². The van der Waals surface area contributed by atoms with Crippen molar-refractivity contribution in [2.45, 2.75) is 23.9 Å². The van der Waals surface area contributed by atoms with Gasteiger partial charge in [-0.15, -0.1) is 0 Å². The lowest BCUT2D eigenvalue weighted by molar-refractivity contribution is -0.394. The molecule has 3 N–H and O–H groups in total. The molecule has 12 heteroatoms. The minimum absolute atomic E-state index is 0.824. The number of hydrogen-bond acceptors (Lipinski definition) is 1. The number of nitrogens with two attached hydrogens (primary N) is 1. The summed E-state index contributed by atoms with van der Waals surface area (Å²) in [5, 5.41) is 0.824. The van der Waals surface area contributed by atoms with Gasteiger partial charge in [0.25, 0.3) is 0 Å². The summed E-state index contributed by atoms with van der Waals surface area (Å²) in [6, 6.07) is -1.79. The van der Waals surface area contributed by atoms with Crippen molar-refractivity contribution in [3.05, 3.63) is 0 Å². The first-order chi connectivity index (χ1) is 7.67. The standard InChI is InChI=1S/C6H5F9N2O/c7-3(8,1-17-2(16)18)4(9,10)5(11,12)6(13,14)15/h1H2,(H3,16,17,18). The largest absolute Gasteiger partial charge is 0.460 e. The van der Waals surface area contributed by atoms with Gasteiger partial charge in [-0.2, -0.15) is 39.5 Å². The molecule has 0 saturated carbocycles. The minimum atomic E-state index is -6.97. The van der Waals surface area contributed by atoms with Crippen molar-refractivity contribution in [1.82, 2.24) is 5.32 Å². The van der Waals surface area contributed by atoms with E-state index in [2.05, 4.69) is 5.73 Å². The summed E-state index contributed by atoms with van der Waals surface area (Å²) in [4.78, 5) is 9.94. The summed E-state index contributed by atoms with van der Waals surface area (Å²) < 4.78 is 109. The summed E-state index contributed by atoms with van der Waals surface area (Å²) in [6.45, 7) is -2.47. The van der Waals surface area contributed by atoms with Crippen LogP contribution in [0, 0.1) is 0 Å². The number of alkyl halides is 9. The highest BCUT2D eigenvalue weighted by molar-refractivity contribution is 5.71. The normalized spacial score (nSPS) is 14.5. The number of carbonyl (C=O) groups is 1. The Morgan fingerprint density at radius 2 is 1.28 bits per heavy atom. The van der Waals surface area contributed by atoms with E-state index in [9.17, 15) is 44.3 Å². The molecule has 0 aliphatic heterocycles. The predicted molar refractivity (Wildman–Crippen MR) is 38.5 cm³/mol. The Morgan fingerprint density at radius 1 is 0.889 bits per heavy atom. The fourth-order valence-electron chi connectivity index (χ4n) is 0.717. The van der Waals surface area contributed by atoms with Gasteiger partial charge in [0.2, 0.25) is 0 Å². The Hall–Kier alpha value is -1.36. The molecule has 2 amide bonds. The van der Waals surface area contributed by atoms with Gasteiger partial charge in [-0.3, -0.25) is 0 Å². The molecule has 0 aromatic carbocycles. The number of carbonyl (C=O) groups excluding carboxylic acids is 1. The van der Waals surface area contributed by atoms with Crippen molar-refractivity contribution in [2.24, 2.45) is 5.73 Å². The van der Waals surface area contributed by atoms with E-state index >= 15 is 0 Å². The van der Waals surface area contributed by atoms with Gasteiger partial charge < -0.3 is 11.1 Å². The van der Waals surface area contributed by atoms with Crippen molar-refractivity contribution in [3.63, 3.8) is 0 Å². The van der Waals surface area contributed by atoms with E-state index in [4.69, 9.17) is 0 Å². The summed E-state index contributed by atoms with van der Waals surface area (Å²) in [7, 11) is 0.